The van der Waals surface area contributed by atoms with E-state index >= 15 is 0 Å². The lowest BCUT2D eigenvalue weighted by molar-refractivity contribution is 0.0527. The van der Waals surface area contributed by atoms with Crippen molar-refractivity contribution in [3.05, 3.63) is 131 Å². The number of ether oxygens (including phenoxy) is 1. The van der Waals surface area contributed by atoms with Gasteiger partial charge in [-0.25, -0.2) is 14.6 Å². The molecule has 8 nitrogen and oxygen atoms in total. The van der Waals surface area contributed by atoms with Crippen molar-refractivity contribution in [2.75, 3.05) is 19.7 Å². The van der Waals surface area contributed by atoms with Crippen molar-refractivity contribution in [3.8, 4) is 22.5 Å². The van der Waals surface area contributed by atoms with E-state index in [4.69, 9.17) is 9.72 Å². The van der Waals surface area contributed by atoms with Gasteiger partial charge in [-0.15, -0.1) is 0 Å². The third-order valence-electron chi connectivity index (χ3n) is 9.32. The van der Waals surface area contributed by atoms with E-state index in [1.165, 1.54) is 5.56 Å². The highest BCUT2D eigenvalue weighted by atomic mass is 16.5. The third kappa shape index (κ3) is 5.20. The molecule has 0 radical (unpaired) electrons. The summed E-state index contributed by atoms with van der Waals surface area (Å²) in [6.07, 6.45) is 1.86. The molecule has 8 rings (SSSR count). The number of carbonyl (C=O) groups is 1. The highest BCUT2D eigenvalue weighted by molar-refractivity contribution is 6.03. The van der Waals surface area contributed by atoms with Gasteiger partial charge in [0.1, 0.15) is 0 Å². The second-order valence-electron chi connectivity index (χ2n) is 12.2. The van der Waals surface area contributed by atoms with Gasteiger partial charge in [-0.05, 0) is 61.2 Å². The van der Waals surface area contributed by atoms with Crippen LogP contribution in [-0.4, -0.2) is 49.5 Å². The molecule has 8 heteroatoms. The van der Waals surface area contributed by atoms with Crippen molar-refractivity contribution < 1.29 is 9.53 Å². The standard InChI is InChI=1S/C39H35N5O3/c1-2-47-38(45)30-24-35-36(40-31-12-6-9-15-34(31)44(35)37(30)28-10-4-3-5-11-28)27-18-16-26(17-19-27)25-42-22-20-29(21-23-42)43-33-14-8-7-13-32(33)41-39(43)46/h3-19,24,29H,2,20-23,25H2,1H3,(H,41,46). The van der Waals surface area contributed by atoms with Gasteiger partial charge < -0.3 is 14.1 Å². The molecule has 0 unspecified atom stereocenters. The Kier molecular flexibility index (Phi) is 7.42. The lowest BCUT2D eigenvalue weighted by Gasteiger charge is -2.32. The summed E-state index contributed by atoms with van der Waals surface area (Å²) in [4.78, 5) is 36.6. The molecule has 7 aromatic rings. The predicted molar refractivity (Wildman–Crippen MR) is 186 cm³/mol. The minimum atomic E-state index is -0.348. The van der Waals surface area contributed by atoms with E-state index in [2.05, 4.69) is 38.6 Å². The van der Waals surface area contributed by atoms with Gasteiger partial charge in [0.05, 0.1) is 51.1 Å². The summed E-state index contributed by atoms with van der Waals surface area (Å²) in [7, 11) is 0. The number of benzene rings is 4. The summed E-state index contributed by atoms with van der Waals surface area (Å²) < 4.78 is 9.61. The number of esters is 1. The van der Waals surface area contributed by atoms with E-state index in [0.717, 1.165) is 82.6 Å². The van der Waals surface area contributed by atoms with Gasteiger partial charge in [0, 0.05) is 31.2 Å². The third-order valence-corrected chi connectivity index (χ3v) is 9.32. The van der Waals surface area contributed by atoms with Gasteiger partial charge >= 0.3 is 11.7 Å². The van der Waals surface area contributed by atoms with Crippen LogP contribution in [0.5, 0.6) is 0 Å². The normalized spacial score (nSPS) is 14.3. The van der Waals surface area contributed by atoms with Gasteiger partial charge in [-0.3, -0.25) is 9.47 Å². The monoisotopic (exact) mass is 621 g/mol. The number of nitrogens with one attached hydrogen (secondary N) is 1. The van der Waals surface area contributed by atoms with Crippen LogP contribution in [0.2, 0.25) is 0 Å². The van der Waals surface area contributed by atoms with Crippen LogP contribution in [0.1, 0.15) is 41.7 Å². The summed E-state index contributed by atoms with van der Waals surface area (Å²) >= 11 is 0. The number of H-pyrrole nitrogens is 1. The predicted octanol–water partition coefficient (Wildman–Crippen LogP) is 7.48. The first-order chi connectivity index (χ1) is 23.1. The zero-order valence-electron chi connectivity index (χ0n) is 26.2. The summed E-state index contributed by atoms with van der Waals surface area (Å²) in [6.45, 7) is 4.81. The Morgan fingerprint density at radius 2 is 1.53 bits per heavy atom. The van der Waals surface area contributed by atoms with Crippen molar-refractivity contribution in [2.24, 2.45) is 0 Å². The van der Waals surface area contributed by atoms with Gasteiger partial charge in [-0.2, -0.15) is 0 Å². The molecule has 1 N–H and O–H groups in total. The fraction of sp³-hybridized carbons (Fsp3) is 0.205. The van der Waals surface area contributed by atoms with Crippen molar-refractivity contribution >= 4 is 33.6 Å². The molecule has 1 saturated heterocycles. The van der Waals surface area contributed by atoms with Crippen LogP contribution in [0, 0.1) is 0 Å². The van der Waals surface area contributed by atoms with Gasteiger partial charge in [0.2, 0.25) is 0 Å². The largest absolute Gasteiger partial charge is 0.462 e. The van der Waals surface area contributed by atoms with E-state index in [9.17, 15) is 9.59 Å². The molecule has 1 fully saturated rings. The maximum atomic E-state index is 13.3. The Labute approximate surface area is 271 Å². The van der Waals surface area contributed by atoms with Gasteiger partial charge in [0.15, 0.2) is 0 Å². The lowest BCUT2D eigenvalue weighted by Crippen LogP contribution is -2.36. The molecule has 47 heavy (non-hydrogen) atoms. The Balaban J connectivity index is 1.10. The highest BCUT2D eigenvalue weighted by Gasteiger charge is 2.25. The van der Waals surface area contributed by atoms with E-state index in [0.29, 0.717) is 12.2 Å². The summed E-state index contributed by atoms with van der Waals surface area (Å²) in [5.41, 5.74) is 9.76. The van der Waals surface area contributed by atoms with Crippen molar-refractivity contribution in [1.82, 2.24) is 23.8 Å². The van der Waals surface area contributed by atoms with E-state index < -0.39 is 0 Å². The second kappa shape index (κ2) is 12.0. The van der Waals surface area contributed by atoms with Crippen molar-refractivity contribution in [2.45, 2.75) is 32.4 Å². The fourth-order valence-electron chi connectivity index (χ4n) is 7.12. The van der Waals surface area contributed by atoms with Crippen LogP contribution in [0.3, 0.4) is 0 Å². The molecule has 4 aromatic carbocycles. The maximum Gasteiger partial charge on any atom is 0.340 e. The number of nitrogens with zero attached hydrogens (tertiary/aromatic N) is 4. The number of aromatic amines is 1. The van der Waals surface area contributed by atoms with Crippen molar-refractivity contribution in [3.63, 3.8) is 0 Å². The van der Waals surface area contributed by atoms with Crippen LogP contribution < -0.4 is 5.69 Å². The molecule has 0 saturated carbocycles. The molecular formula is C39H35N5O3. The van der Waals surface area contributed by atoms with Gasteiger partial charge in [-0.1, -0.05) is 78.9 Å². The molecule has 0 amide bonds. The number of imidazole rings is 1. The fourth-order valence-corrected chi connectivity index (χ4v) is 7.12. The number of para-hydroxylation sites is 4. The van der Waals surface area contributed by atoms with E-state index in [-0.39, 0.29) is 17.7 Å². The Hall–Kier alpha value is -5.47. The molecular weight excluding hydrogens is 586 g/mol. The SMILES string of the molecule is CCOC(=O)c1cc2c(-c3ccc(CN4CCC(n5c(=O)[nH]c6ccccc65)CC4)cc3)nc3ccccc3n2c1-c1ccccc1. The summed E-state index contributed by atoms with van der Waals surface area (Å²) in [6, 6.07) is 36.7. The van der Waals surface area contributed by atoms with Crippen LogP contribution in [-0.2, 0) is 11.3 Å². The van der Waals surface area contributed by atoms with E-state index in [1.807, 2.05) is 96.4 Å². The number of aromatic nitrogens is 4. The zero-order chi connectivity index (χ0) is 31.9. The molecule has 0 bridgehead atoms. The average Bonchev–Trinajstić information content (AvgIpc) is 3.68. The molecule has 4 heterocycles. The molecule has 234 valence electrons. The summed E-state index contributed by atoms with van der Waals surface area (Å²) in [5.74, 6) is -0.348. The Bertz CT molecular complexity index is 2290. The number of piperidine rings is 1. The first kappa shape index (κ1) is 29.0. The first-order valence-corrected chi connectivity index (χ1v) is 16.3. The maximum absolute atomic E-state index is 13.3. The smallest absolute Gasteiger partial charge is 0.340 e. The lowest BCUT2D eigenvalue weighted by atomic mass is 10.0. The molecule has 3 aromatic heterocycles. The van der Waals surface area contributed by atoms with Crippen molar-refractivity contribution in [1.29, 1.82) is 0 Å². The minimum absolute atomic E-state index is 0.0232. The van der Waals surface area contributed by atoms with Crippen LogP contribution in [0.25, 0.3) is 50.1 Å². The van der Waals surface area contributed by atoms with E-state index in [1.54, 1.807) is 0 Å². The topological polar surface area (TPSA) is 84.6 Å². The number of likely N-dealkylation sites (tertiary alicyclic amines) is 1. The van der Waals surface area contributed by atoms with Crippen LogP contribution in [0.15, 0.2) is 114 Å². The van der Waals surface area contributed by atoms with Crippen LogP contribution in [0.4, 0.5) is 0 Å². The average molecular weight is 622 g/mol. The highest BCUT2D eigenvalue weighted by Crippen LogP contribution is 2.36. The zero-order valence-corrected chi connectivity index (χ0v) is 26.2. The molecule has 1 aliphatic rings. The first-order valence-electron chi connectivity index (χ1n) is 16.3. The number of rotatable bonds is 7. The quantitative estimate of drug-likeness (QED) is 0.187. The molecule has 0 aliphatic carbocycles. The Morgan fingerprint density at radius 3 is 2.30 bits per heavy atom. The Morgan fingerprint density at radius 1 is 0.830 bits per heavy atom. The summed E-state index contributed by atoms with van der Waals surface area (Å²) in [5, 5.41) is 0. The number of carbonyl (C=O) groups excluding carboxylic acids is 1. The number of hydrogen-bond donors (Lipinski definition) is 1. The molecule has 1 aliphatic heterocycles. The number of fused-ring (bicyclic) bond motifs is 4. The van der Waals surface area contributed by atoms with Gasteiger partial charge in [0.25, 0.3) is 0 Å². The minimum Gasteiger partial charge on any atom is -0.462 e. The second-order valence-corrected chi connectivity index (χ2v) is 12.2. The molecule has 0 spiro atoms. The molecule has 0 atom stereocenters. The number of hydrogen-bond acceptors (Lipinski definition) is 5. The van der Waals surface area contributed by atoms with Crippen LogP contribution >= 0.6 is 0 Å².